The van der Waals surface area contributed by atoms with E-state index in [0.717, 1.165) is 30.0 Å². The van der Waals surface area contributed by atoms with Gasteiger partial charge in [0.15, 0.2) is 11.5 Å². The third-order valence-electron chi connectivity index (χ3n) is 5.14. The summed E-state index contributed by atoms with van der Waals surface area (Å²) < 4.78 is 11.3. The van der Waals surface area contributed by atoms with Crippen molar-refractivity contribution < 1.29 is 14.3 Å². The first-order valence-corrected chi connectivity index (χ1v) is 10.4. The molecule has 0 aliphatic carbocycles. The van der Waals surface area contributed by atoms with Crippen LogP contribution in [-0.4, -0.2) is 60.9 Å². The van der Waals surface area contributed by atoms with Crippen LogP contribution in [0.5, 0.6) is 11.5 Å². The van der Waals surface area contributed by atoms with E-state index in [0.29, 0.717) is 19.0 Å². The van der Waals surface area contributed by atoms with Crippen LogP contribution in [0.4, 0.5) is 0 Å². The maximum atomic E-state index is 12.3. The molecule has 0 radical (unpaired) electrons. The summed E-state index contributed by atoms with van der Waals surface area (Å²) in [6.45, 7) is 5.71. The molecular weight excluding hydrogens is 336 g/mol. The largest absolute Gasteiger partial charge is 0.486 e. The van der Waals surface area contributed by atoms with E-state index in [1.165, 1.54) is 38.9 Å². The van der Waals surface area contributed by atoms with Crippen molar-refractivity contribution in [2.45, 2.75) is 31.1 Å². The number of unbranched alkanes of at least 4 members (excludes halogenated alkanes) is 1. The first-order valence-electron chi connectivity index (χ1n) is 9.34. The Balaban J connectivity index is 1.36. The van der Waals surface area contributed by atoms with Gasteiger partial charge in [0.2, 0.25) is 5.91 Å². The van der Waals surface area contributed by atoms with E-state index in [1.807, 2.05) is 17.0 Å². The molecular formula is C19H26N2O3S. The molecule has 3 aliphatic rings. The summed E-state index contributed by atoms with van der Waals surface area (Å²) >= 11 is 1.72. The normalized spacial score (nSPS) is 23.4. The molecule has 1 atom stereocenters. The second-order valence-electron chi connectivity index (χ2n) is 6.91. The highest BCUT2D eigenvalue weighted by Crippen LogP contribution is 2.42. The van der Waals surface area contributed by atoms with Crippen LogP contribution < -0.4 is 9.47 Å². The molecule has 0 N–H and O–H groups in total. The van der Waals surface area contributed by atoms with Crippen molar-refractivity contribution in [3.05, 3.63) is 23.8 Å². The Hall–Kier alpha value is -1.40. The monoisotopic (exact) mass is 362 g/mol. The Morgan fingerprint density at radius 1 is 1.04 bits per heavy atom. The molecule has 5 nitrogen and oxygen atoms in total. The topological polar surface area (TPSA) is 42.0 Å². The van der Waals surface area contributed by atoms with Crippen LogP contribution in [0.25, 0.3) is 0 Å². The van der Waals surface area contributed by atoms with Gasteiger partial charge in [-0.2, -0.15) is 0 Å². The molecule has 0 aromatic heterocycles. The van der Waals surface area contributed by atoms with Crippen molar-refractivity contribution in [2.24, 2.45) is 0 Å². The Bertz CT molecular complexity index is 619. The minimum Gasteiger partial charge on any atom is -0.486 e. The number of likely N-dealkylation sites (tertiary alicyclic amines) is 1. The number of hydrogen-bond donors (Lipinski definition) is 0. The lowest BCUT2D eigenvalue weighted by molar-refractivity contribution is -0.128. The summed E-state index contributed by atoms with van der Waals surface area (Å²) in [6, 6.07) is 6.09. The van der Waals surface area contributed by atoms with E-state index in [1.54, 1.807) is 11.8 Å². The van der Waals surface area contributed by atoms with Crippen LogP contribution in [0.1, 0.15) is 36.6 Å². The second-order valence-corrected chi connectivity index (χ2v) is 7.98. The van der Waals surface area contributed by atoms with Gasteiger partial charge in [-0.1, -0.05) is 6.07 Å². The Morgan fingerprint density at radius 3 is 2.64 bits per heavy atom. The fourth-order valence-corrected chi connectivity index (χ4v) is 5.02. The van der Waals surface area contributed by atoms with Gasteiger partial charge in [0.1, 0.15) is 18.6 Å². The molecule has 0 bridgehead atoms. The van der Waals surface area contributed by atoms with Gasteiger partial charge in [-0.3, -0.25) is 4.79 Å². The van der Waals surface area contributed by atoms with Gasteiger partial charge in [0.25, 0.3) is 0 Å². The molecule has 2 saturated heterocycles. The van der Waals surface area contributed by atoms with Crippen LogP contribution in [0.3, 0.4) is 0 Å². The lowest BCUT2D eigenvalue weighted by Crippen LogP contribution is -2.30. The van der Waals surface area contributed by atoms with E-state index in [2.05, 4.69) is 11.0 Å². The van der Waals surface area contributed by atoms with Crippen molar-refractivity contribution in [3.63, 3.8) is 0 Å². The van der Waals surface area contributed by atoms with E-state index >= 15 is 0 Å². The molecule has 1 aromatic rings. The molecule has 2 fully saturated rings. The number of ether oxygens (including phenoxy) is 2. The van der Waals surface area contributed by atoms with Crippen molar-refractivity contribution in [2.75, 3.05) is 45.1 Å². The minimum atomic E-state index is 0.107. The summed E-state index contributed by atoms with van der Waals surface area (Å²) in [5, 5.41) is 0.107. The smallest absolute Gasteiger partial charge is 0.233 e. The number of nitrogens with zero attached hydrogens (tertiary/aromatic N) is 2. The van der Waals surface area contributed by atoms with E-state index in [9.17, 15) is 4.79 Å². The van der Waals surface area contributed by atoms with Crippen LogP contribution in [0, 0.1) is 0 Å². The lowest BCUT2D eigenvalue weighted by atomic mass is 10.1. The maximum absolute atomic E-state index is 12.3. The van der Waals surface area contributed by atoms with Gasteiger partial charge in [-0.05, 0) is 63.0 Å². The standard InChI is InChI=1S/C19H26N2O3S/c22-18-14-25-19(15-5-6-16-17(13-15)24-12-11-23-16)21(18)10-4-3-9-20-7-1-2-8-20/h5-6,13,19H,1-4,7-12,14H2. The number of carbonyl (C=O) groups excluding carboxylic acids is 1. The maximum Gasteiger partial charge on any atom is 0.233 e. The number of thioether (sulfide) groups is 1. The van der Waals surface area contributed by atoms with Crippen LogP contribution in [0.15, 0.2) is 18.2 Å². The van der Waals surface area contributed by atoms with Crippen molar-refractivity contribution in [1.29, 1.82) is 0 Å². The Labute approximate surface area is 153 Å². The molecule has 136 valence electrons. The average Bonchev–Trinajstić information content (AvgIpc) is 3.28. The van der Waals surface area contributed by atoms with Gasteiger partial charge >= 0.3 is 0 Å². The Morgan fingerprint density at radius 2 is 1.80 bits per heavy atom. The SMILES string of the molecule is O=C1CSC(c2ccc3c(c2)OCCO3)N1CCCCN1CCCC1. The Kier molecular flexibility index (Phi) is 5.36. The summed E-state index contributed by atoms with van der Waals surface area (Å²) in [6.07, 6.45) is 4.92. The first kappa shape index (κ1) is 17.0. The summed E-state index contributed by atoms with van der Waals surface area (Å²) in [4.78, 5) is 16.9. The molecule has 25 heavy (non-hydrogen) atoms. The molecule has 1 unspecified atom stereocenters. The predicted molar refractivity (Wildman–Crippen MR) is 99.3 cm³/mol. The van der Waals surface area contributed by atoms with Crippen LogP contribution in [-0.2, 0) is 4.79 Å². The molecule has 4 rings (SSSR count). The summed E-state index contributed by atoms with van der Waals surface area (Å²) in [7, 11) is 0. The van der Waals surface area contributed by atoms with Gasteiger partial charge < -0.3 is 19.3 Å². The fraction of sp³-hybridized carbons (Fsp3) is 0.632. The lowest BCUT2D eigenvalue weighted by Gasteiger charge is -2.26. The third-order valence-corrected chi connectivity index (χ3v) is 6.40. The quantitative estimate of drug-likeness (QED) is 0.728. The number of carbonyl (C=O) groups is 1. The fourth-order valence-electron chi connectivity index (χ4n) is 3.81. The van der Waals surface area contributed by atoms with Gasteiger partial charge in [-0.25, -0.2) is 0 Å². The van der Waals surface area contributed by atoms with Crippen molar-refractivity contribution >= 4 is 17.7 Å². The molecule has 1 amide bonds. The third kappa shape index (κ3) is 3.90. The minimum absolute atomic E-state index is 0.107. The van der Waals surface area contributed by atoms with Gasteiger partial charge in [-0.15, -0.1) is 11.8 Å². The van der Waals surface area contributed by atoms with Gasteiger partial charge in [0, 0.05) is 6.54 Å². The predicted octanol–water partition coefficient (Wildman–Crippen LogP) is 2.91. The second kappa shape index (κ2) is 7.87. The molecule has 3 aliphatic heterocycles. The molecule has 3 heterocycles. The van der Waals surface area contributed by atoms with Gasteiger partial charge in [0.05, 0.1) is 5.75 Å². The van der Waals surface area contributed by atoms with Crippen LogP contribution in [0.2, 0.25) is 0 Å². The number of rotatable bonds is 6. The number of amides is 1. The highest BCUT2D eigenvalue weighted by Gasteiger charge is 2.33. The number of hydrogen-bond acceptors (Lipinski definition) is 5. The zero-order chi connectivity index (χ0) is 17.1. The first-order chi connectivity index (χ1) is 12.3. The zero-order valence-corrected chi connectivity index (χ0v) is 15.4. The van der Waals surface area contributed by atoms with E-state index < -0.39 is 0 Å². The molecule has 0 spiro atoms. The highest BCUT2D eigenvalue weighted by molar-refractivity contribution is 8.00. The molecule has 6 heteroatoms. The summed E-state index contributed by atoms with van der Waals surface area (Å²) in [5.41, 5.74) is 1.14. The number of benzene rings is 1. The summed E-state index contributed by atoms with van der Waals surface area (Å²) in [5.74, 6) is 2.44. The van der Waals surface area contributed by atoms with Crippen molar-refractivity contribution in [1.82, 2.24) is 9.80 Å². The average molecular weight is 362 g/mol. The zero-order valence-electron chi connectivity index (χ0n) is 14.6. The van der Waals surface area contributed by atoms with Crippen LogP contribution >= 0.6 is 11.8 Å². The molecule has 1 aromatic carbocycles. The van der Waals surface area contributed by atoms with Crippen molar-refractivity contribution in [3.8, 4) is 11.5 Å². The van der Waals surface area contributed by atoms with E-state index in [4.69, 9.17) is 9.47 Å². The molecule has 0 saturated carbocycles. The highest BCUT2D eigenvalue weighted by atomic mass is 32.2. The van der Waals surface area contributed by atoms with E-state index in [-0.39, 0.29) is 11.3 Å². The number of fused-ring (bicyclic) bond motifs is 1.